The van der Waals surface area contributed by atoms with Crippen molar-refractivity contribution in [1.29, 1.82) is 0 Å². The number of allylic oxidation sites excluding steroid dienone is 4. The van der Waals surface area contributed by atoms with Crippen LogP contribution in [0.2, 0.25) is 0 Å². The molecule has 0 heteroatoms. The van der Waals surface area contributed by atoms with Crippen LogP contribution >= 0.6 is 0 Å². The van der Waals surface area contributed by atoms with E-state index < -0.39 is 0 Å². The Morgan fingerprint density at radius 3 is 2.38 bits per heavy atom. The summed E-state index contributed by atoms with van der Waals surface area (Å²) in [5, 5.41) is 0. The van der Waals surface area contributed by atoms with Crippen LogP contribution in [0.4, 0.5) is 0 Å². The molecule has 0 aromatic heterocycles. The molecule has 0 N–H and O–H groups in total. The highest BCUT2D eigenvalue weighted by molar-refractivity contribution is 5.04. The predicted octanol–water partition coefficient (Wildman–Crippen LogP) is 4.87. The number of hydrogen-bond acceptors (Lipinski definition) is 0. The Labute approximate surface area is 83.7 Å². The average Bonchev–Trinajstić information content (AvgIpc) is 2.14. The van der Waals surface area contributed by atoms with E-state index in [0.717, 1.165) is 6.42 Å². The molecule has 0 saturated carbocycles. The lowest BCUT2D eigenvalue weighted by molar-refractivity contribution is 0.813. The van der Waals surface area contributed by atoms with E-state index >= 15 is 0 Å². The van der Waals surface area contributed by atoms with Gasteiger partial charge < -0.3 is 0 Å². The van der Waals surface area contributed by atoms with E-state index in [1.165, 1.54) is 37.7 Å². The summed E-state index contributed by atoms with van der Waals surface area (Å²) in [6, 6.07) is 0. The fraction of sp³-hybridized carbons (Fsp3) is 0.692. The minimum Gasteiger partial charge on any atom is -0.0882 e. The van der Waals surface area contributed by atoms with E-state index in [1.807, 2.05) is 0 Å². The Bertz CT molecular complexity index is 151. The van der Waals surface area contributed by atoms with E-state index in [4.69, 9.17) is 0 Å². The van der Waals surface area contributed by atoms with Crippen LogP contribution < -0.4 is 0 Å². The SMILES string of the molecule is CCC/C=C(\C)C/C=C/CCCC. The van der Waals surface area contributed by atoms with Crippen LogP contribution in [0.1, 0.15) is 59.3 Å². The molecule has 13 heavy (non-hydrogen) atoms. The molecule has 0 aliphatic heterocycles. The molecule has 0 nitrogen and oxygen atoms in total. The van der Waals surface area contributed by atoms with E-state index in [-0.39, 0.29) is 0 Å². The van der Waals surface area contributed by atoms with Gasteiger partial charge in [-0.3, -0.25) is 0 Å². The molecular formula is C13H24. The Kier molecular flexibility index (Phi) is 9.18. The molecule has 0 rings (SSSR count). The maximum absolute atomic E-state index is 2.35. The maximum atomic E-state index is 2.35. The lowest BCUT2D eigenvalue weighted by Crippen LogP contribution is -1.74. The molecule has 0 spiro atoms. The third kappa shape index (κ3) is 9.39. The first-order valence-corrected chi connectivity index (χ1v) is 5.61. The van der Waals surface area contributed by atoms with Crippen molar-refractivity contribution in [2.75, 3.05) is 0 Å². The molecule has 0 atom stereocenters. The average molecular weight is 180 g/mol. The zero-order valence-corrected chi connectivity index (χ0v) is 9.47. The van der Waals surface area contributed by atoms with Crippen LogP contribution in [0.3, 0.4) is 0 Å². The summed E-state index contributed by atoms with van der Waals surface area (Å²) in [5.74, 6) is 0. The van der Waals surface area contributed by atoms with Crippen molar-refractivity contribution in [3.05, 3.63) is 23.8 Å². The molecular weight excluding hydrogens is 156 g/mol. The Hall–Kier alpha value is -0.520. The molecule has 0 aromatic rings. The first kappa shape index (κ1) is 12.5. The second-order valence-corrected chi connectivity index (χ2v) is 3.66. The molecule has 0 bridgehead atoms. The standard InChI is InChI=1S/C13H24/c1-4-6-8-9-10-12-13(3)11-7-5-2/h9-11H,4-8,12H2,1-3H3/b10-9+,13-11+. The van der Waals surface area contributed by atoms with Crippen molar-refractivity contribution in [3.8, 4) is 0 Å². The van der Waals surface area contributed by atoms with Crippen molar-refractivity contribution in [2.24, 2.45) is 0 Å². The van der Waals surface area contributed by atoms with Gasteiger partial charge in [-0.2, -0.15) is 0 Å². The number of hydrogen-bond donors (Lipinski definition) is 0. The molecule has 0 unspecified atom stereocenters. The highest BCUT2D eigenvalue weighted by atomic mass is 13.9. The van der Waals surface area contributed by atoms with Gasteiger partial charge in [0.25, 0.3) is 0 Å². The molecule has 0 radical (unpaired) electrons. The van der Waals surface area contributed by atoms with Gasteiger partial charge in [0.15, 0.2) is 0 Å². The summed E-state index contributed by atoms with van der Waals surface area (Å²) in [7, 11) is 0. The van der Waals surface area contributed by atoms with Crippen molar-refractivity contribution < 1.29 is 0 Å². The van der Waals surface area contributed by atoms with Crippen LogP contribution in [0.25, 0.3) is 0 Å². The maximum Gasteiger partial charge on any atom is -0.0142 e. The summed E-state index contributed by atoms with van der Waals surface area (Å²) in [6.45, 7) is 6.68. The number of rotatable bonds is 7. The predicted molar refractivity (Wildman–Crippen MR) is 61.9 cm³/mol. The molecule has 76 valence electrons. The first-order valence-electron chi connectivity index (χ1n) is 5.61. The summed E-state index contributed by atoms with van der Waals surface area (Å²) in [4.78, 5) is 0. The van der Waals surface area contributed by atoms with Crippen molar-refractivity contribution in [2.45, 2.75) is 59.3 Å². The van der Waals surface area contributed by atoms with Gasteiger partial charge in [-0.1, -0.05) is 56.9 Å². The molecule has 0 aliphatic carbocycles. The second-order valence-electron chi connectivity index (χ2n) is 3.66. The summed E-state index contributed by atoms with van der Waals surface area (Å²) in [5.41, 5.74) is 1.51. The third-order valence-corrected chi connectivity index (χ3v) is 2.11. The summed E-state index contributed by atoms with van der Waals surface area (Å²) >= 11 is 0. The molecule has 0 saturated heterocycles. The van der Waals surface area contributed by atoms with Gasteiger partial charge in [0, 0.05) is 0 Å². The molecule has 0 aliphatic rings. The van der Waals surface area contributed by atoms with Gasteiger partial charge >= 0.3 is 0 Å². The lowest BCUT2D eigenvalue weighted by Gasteiger charge is -1.95. The fourth-order valence-corrected chi connectivity index (χ4v) is 1.18. The fourth-order valence-electron chi connectivity index (χ4n) is 1.18. The van der Waals surface area contributed by atoms with Crippen LogP contribution in [-0.4, -0.2) is 0 Å². The van der Waals surface area contributed by atoms with Crippen molar-refractivity contribution >= 4 is 0 Å². The van der Waals surface area contributed by atoms with E-state index in [1.54, 1.807) is 0 Å². The minimum absolute atomic E-state index is 1.14. The van der Waals surface area contributed by atoms with Crippen LogP contribution in [0.5, 0.6) is 0 Å². The molecule has 0 aromatic carbocycles. The monoisotopic (exact) mass is 180 g/mol. The third-order valence-electron chi connectivity index (χ3n) is 2.11. The molecule has 0 heterocycles. The van der Waals surface area contributed by atoms with Gasteiger partial charge in [0.2, 0.25) is 0 Å². The molecule has 0 fully saturated rings. The van der Waals surface area contributed by atoms with Crippen LogP contribution in [0, 0.1) is 0 Å². The highest BCUT2D eigenvalue weighted by Gasteiger charge is 1.84. The van der Waals surface area contributed by atoms with Gasteiger partial charge in [-0.15, -0.1) is 0 Å². The minimum atomic E-state index is 1.14. The topological polar surface area (TPSA) is 0 Å². The van der Waals surface area contributed by atoms with Crippen molar-refractivity contribution in [3.63, 3.8) is 0 Å². The summed E-state index contributed by atoms with van der Waals surface area (Å²) < 4.78 is 0. The van der Waals surface area contributed by atoms with Gasteiger partial charge in [-0.05, 0) is 26.2 Å². The van der Waals surface area contributed by atoms with E-state index in [2.05, 4.69) is 39.0 Å². The highest BCUT2D eigenvalue weighted by Crippen LogP contribution is 2.05. The van der Waals surface area contributed by atoms with Gasteiger partial charge in [0.1, 0.15) is 0 Å². The summed E-state index contributed by atoms with van der Waals surface area (Å²) in [6.07, 6.45) is 14.5. The van der Waals surface area contributed by atoms with E-state index in [9.17, 15) is 0 Å². The van der Waals surface area contributed by atoms with Gasteiger partial charge in [0.05, 0.1) is 0 Å². The second kappa shape index (κ2) is 9.57. The Balaban J connectivity index is 3.44. The zero-order valence-electron chi connectivity index (χ0n) is 9.47. The smallest absolute Gasteiger partial charge is 0.0142 e. The van der Waals surface area contributed by atoms with Gasteiger partial charge in [-0.25, -0.2) is 0 Å². The molecule has 0 amide bonds. The Morgan fingerprint density at radius 1 is 1.00 bits per heavy atom. The van der Waals surface area contributed by atoms with Crippen molar-refractivity contribution in [1.82, 2.24) is 0 Å². The van der Waals surface area contributed by atoms with E-state index in [0.29, 0.717) is 0 Å². The van der Waals surface area contributed by atoms with Crippen LogP contribution in [-0.2, 0) is 0 Å². The van der Waals surface area contributed by atoms with Crippen LogP contribution in [0.15, 0.2) is 23.8 Å². The largest absolute Gasteiger partial charge is 0.0882 e. The first-order chi connectivity index (χ1) is 6.31. The normalized spacial score (nSPS) is 12.7. The zero-order chi connectivity index (χ0) is 9.94. The quantitative estimate of drug-likeness (QED) is 0.387. The lowest BCUT2D eigenvalue weighted by atomic mass is 10.1. The number of unbranched alkanes of at least 4 members (excludes halogenated alkanes) is 3. The Morgan fingerprint density at radius 2 is 1.77 bits per heavy atom.